The molecule has 0 amide bonds. The number of benzene rings is 1. The zero-order valence-corrected chi connectivity index (χ0v) is 10.7. The fourth-order valence-corrected chi connectivity index (χ4v) is 3.33. The third-order valence-electron chi connectivity index (χ3n) is 4.25. The molecule has 3 rings (SSSR count). The van der Waals surface area contributed by atoms with Gasteiger partial charge in [0, 0.05) is 30.3 Å². The Bertz CT molecular complexity index is 450. The molecule has 2 aliphatic rings. The minimum atomic E-state index is 0.681. The number of hydrogen-bond donors (Lipinski definition) is 1. The quantitative estimate of drug-likeness (QED) is 0.607. The molecule has 1 fully saturated rings. The molecule has 1 N–H and O–H groups in total. The Labute approximate surface area is 108 Å². The van der Waals surface area contributed by atoms with Crippen LogP contribution in [0.2, 0.25) is 0 Å². The highest BCUT2D eigenvalue weighted by molar-refractivity contribution is 6.06. The fraction of sp³-hybridized carbons (Fsp3) is 0.533. The molecule has 1 aromatic carbocycles. The van der Waals surface area contributed by atoms with Gasteiger partial charge in [-0.1, -0.05) is 42.6 Å². The zero-order valence-electron chi connectivity index (χ0n) is 10.7. The van der Waals surface area contributed by atoms with Crippen molar-refractivity contribution in [3.8, 4) is 0 Å². The lowest BCUT2D eigenvalue weighted by Gasteiger charge is -2.39. The lowest BCUT2D eigenvalue weighted by molar-refractivity contribution is 0.317. The van der Waals surface area contributed by atoms with Crippen LogP contribution < -0.4 is 4.90 Å². The van der Waals surface area contributed by atoms with Crippen LogP contribution in [0.15, 0.2) is 29.4 Å². The molecule has 0 saturated heterocycles. The molecule has 0 aromatic heterocycles. The molecule has 0 unspecified atom stereocenters. The van der Waals surface area contributed by atoms with Crippen molar-refractivity contribution >= 4 is 11.4 Å². The maximum absolute atomic E-state index is 9.10. The third kappa shape index (κ3) is 1.98. The van der Waals surface area contributed by atoms with Gasteiger partial charge in [-0.05, 0) is 18.9 Å². The molecular weight excluding hydrogens is 224 g/mol. The van der Waals surface area contributed by atoms with Crippen LogP contribution in [0, 0.1) is 0 Å². The smallest absolute Gasteiger partial charge is 0.0906 e. The minimum Gasteiger partial charge on any atom is -0.411 e. The Hall–Kier alpha value is -1.51. The van der Waals surface area contributed by atoms with Gasteiger partial charge in [-0.15, -0.1) is 0 Å². The number of hydrogen-bond acceptors (Lipinski definition) is 3. The normalized spacial score (nSPS) is 23.1. The first-order chi connectivity index (χ1) is 8.90. The Morgan fingerprint density at radius 3 is 2.67 bits per heavy atom. The molecular formula is C15H20N2O. The van der Waals surface area contributed by atoms with Gasteiger partial charge in [0.2, 0.25) is 0 Å². The largest absolute Gasteiger partial charge is 0.411 e. The summed E-state index contributed by atoms with van der Waals surface area (Å²) in [4.78, 5) is 2.53. The maximum Gasteiger partial charge on any atom is 0.0906 e. The second kappa shape index (κ2) is 5.01. The van der Waals surface area contributed by atoms with Crippen LogP contribution in [-0.2, 0) is 0 Å². The van der Waals surface area contributed by atoms with Crippen molar-refractivity contribution < 1.29 is 5.21 Å². The fourth-order valence-electron chi connectivity index (χ4n) is 3.33. The van der Waals surface area contributed by atoms with E-state index in [4.69, 9.17) is 5.21 Å². The van der Waals surface area contributed by atoms with E-state index in [0.29, 0.717) is 6.04 Å². The number of anilines is 1. The van der Waals surface area contributed by atoms with E-state index in [9.17, 15) is 0 Å². The van der Waals surface area contributed by atoms with Gasteiger partial charge in [-0.25, -0.2) is 0 Å². The standard InChI is InChI=1S/C15H20N2O/c18-16-14-10-11-17(12-6-2-1-3-7-12)15-9-5-4-8-13(14)15/h4-5,8-9,12,18H,1-3,6-7,10-11H2. The molecule has 0 radical (unpaired) electrons. The molecule has 3 heteroatoms. The Balaban J connectivity index is 1.93. The molecule has 18 heavy (non-hydrogen) atoms. The highest BCUT2D eigenvalue weighted by atomic mass is 16.4. The highest BCUT2D eigenvalue weighted by Crippen LogP contribution is 2.33. The van der Waals surface area contributed by atoms with Crippen molar-refractivity contribution in [3.05, 3.63) is 29.8 Å². The topological polar surface area (TPSA) is 35.8 Å². The minimum absolute atomic E-state index is 0.681. The average Bonchev–Trinajstić information content (AvgIpc) is 2.47. The van der Waals surface area contributed by atoms with Crippen LogP contribution in [0.3, 0.4) is 0 Å². The van der Waals surface area contributed by atoms with Crippen LogP contribution in [0.4, 0.5) is 5.69 Å². The lowest BCUT2D eigenvalue weighted by Crippen LogP contribution is -2.41. The summed E-state index contributed by atoms with van der Waals surface area (Å²) in [6.07, 6.45) is 7.55. The van der Waals surface area contributed by atoms with Gasteiger partial charge < -0.3 is 10.1 Å². The van der Waals surface area contributed by atoms with Gasteiger partial charge in [0.15, 0.2) is 0 Å². The van der Waals surface area contributed by atoms with Crippen LogP contribution in [0.25, 0.3) is 0 Å². The van der Waals surface area contributed by atoms with Crippen molar-refractivity contribution in [2.24, 2.45) is 5.16 Å². The summed E-state index contributed by atoms with van der Waals surface area (Å²) in [6, 6.07) is 9.01. The molecule has 3 nitrogen and oxygen atoms in total. The molecule has 0 spiro atoms. The summed E-state index contributed by atoms with van der Waals surface area (Å²) in [5, 5.41) is 12.6. The maximum atomic E-state index is 9.10. The van der Waals surface area contributed by atoms with Gasteiger partial charge >= 0.3 is 0 Å². The van der Waals surface area contributed by atoms with Crippen molar-refractivity contribution in [1.82, 2.24) is 0 Å². The molecule has 96 valence electrons. The number of para-hydroxylation sites is 1. The van der Waals surface area contributed by atoms with Gasteiger partial charge in [0.1, 0.15) is 0 Å². The highest BCUT2D eigenvalue weighted by Gasteiger charge is 2.27. The molecule has 1 aromatic rings. The van der Waals surface area contributed by atoms with E-state index in [1.165, 1.54) is 37.8 Å². The Kier molecular flexibility index (Phi) is 3.22. The van der Waals surface area contributed by atoms with E-state index < -0.39 is 0 Å². The summed E-state index contributed by atoms with van der Waals surface area (Å²) in [7, 11) is 0. The summed E-state index contributed by atoms with van der Waals surface area (Å²) in [6.45, 7) is 0.987. The van der Waals surface area contributed by atoms with E-state index in [1.54, 1.807) is 0 Å². The number of rotatable bonds is 1. The van der Waals surface area contributed by atoms with Crippen LogP contribution in [-0.4, -0.2) is 23.5 Å². The predicted molar refractivity (Wildman–Crippen MR) is 73.6 cm³/mol. The van der Waals surface area contributed by atoms with Crippen LogP contribution >= 0.6 is 0 Å². The van der Waals surface area contributed by atoms with Gasteiger partial charge in [-0.3, -0.25) is 0 Å². The van der Waals surface area contributed by atoms with Crippen LogP contribution in [0.5, 0.6) is 0 Å². The van der Waals surface area contributed by atoms with E-state index >= 15 is 0 Å². The second-order valence-corrected chi connectivity index (χ2v) is 5.30. The first-order valence-electron chi connectivity index (χ1n) is 6.97. The van der Waals surface area contributed by atoms with E-state index in [-0.39, 0.29) is 0 Å². The van der Waals surface area contributed by atoms with E-state index in [1.807, 2.05) is 6.07 Å². The summed E-state index contributed by atoms with van der Waals surface area (Å²) >= 11 is 0. The summed E-state index contributed by atoms with van der Waals surface area (Å²) in [5.41, 5.74) is 3.19. The first-order valence-corrected chi connectivity index (χ1v) is 6.97. The molecule has 1 aliphatic heterocycles. The van der Waals surface area contributed by atoms with E-state index in [0.717, 1.165) is 24.2 Å². The lowest BCUT2D eigenvalue weighted by atomic mass is 9.90. The molecule has 1 heterocycles. The number of fused-ring (bicyclic) bond motifs is 1. The van der Waals surface area contributed by atoms with Crippen molar-refractivity contribution in [1.29, 1.82) is 0 Å². The molecule has 0 bridgehead atoms. The van der Waals surface area contributed by atoms with Crippen molar-refractivity contribution in [2.45, 2.75) is 44.6 Å². The van der Waals surface area contributed by atoms with E-state index in [2.05, 4.69) is 28.3 Å². The van der Waals surface area contributed by atoms with Gasteiger partial charge in [-0.2, -0.15) is 0 Å². The van der Waals surface area contributed by atoms with Gasteiger partial charge in [0.05, 0.1) is 5.71 Å². The number of nitrogens with zero attached hydrogens (tertiary/aromatic N) is 2. The Morgan fingerprint density at radius 2 is 1.89 bits per heavy atom. The molecule has 1 aliphatic carbocycles. The average molecular weight is 244 g/mol. The monoisotopic (exact) mass is 244 g/mol. The molecule has 1 saturated carbocycles. The zero-order chi connectivity index (χ0) is 12.4. The number of oxime groups is 1. The predicted octanol–water partition coefficient (Wildman–Crippen LogP) is 3.41. The van der Waals surface area contributed by atoms with Crippen LogP contribution in [0.1, 0.15) is 44.1 Å². The molecule has 0 atom stereocenters. The van der Waals surface area contributed by atoms with Crippen molar-refractivity contribution in [2.75, 3.05) is 11.4 Å². The third-order valence-corrected chi connectivity index (χ3v) is 4.25. The Morgan fingerprint density at radius 1 is 1.11 bits per heavy atom. The first kappa shape index (κ1) is 11.6. The summed E-state index contributed by atoms with van der Waals surface area (Å²) in [5.74, 6) is 0. The SMILES string of the molecule is ON=C1CCN(C2CCCCC2)c2ccccc21. The second-order valence-electron chi connectivity index (χ2n) is 5.30. The van der Waals surface area contributed by atoms with Gasteiger partial charge in [0.25, 0.3) is 0 Å². The summed E-state index contributed by atoms with van der Waals surface area (Å²) < 4.78 is 0. The van der Waals surface area contributed by atoms with Crippen molar-refractivity contribution in [3.63, 3.8) is 0 Å².